The van der Waals surface area contributed by atoms with Gasteiger partial charge in [0.15, 0.2) is 9.84 Å². The molecule has 2 aromatic rings. The molecule has 2 aliphatic rings. The summed E-state index contributed by atoms with van der Waals surface area (Å²) in [7, 11) is -3.17. The number of sulfone groups is 1. The molecule has 11 heteroatoms. The molecule has 0 aromatic carbocycles. The van der Waals surface area contributed by atoms with E-state index in [1.54, 1.807) is 18.3 Å². The van der Waals surface area contributed by atoms with Gasteiger partial charge in [-0.2, -0.15) is 0 Å². The number of unbranched alkanes of at least 4 members (excludes halogenated alkanes) is 3. The number of anilines is 1. The first-order valence-corrected chi connectivity index (χ1v) is 14.5. The number of amides is 1. The number of hydrogen-bond donors (Lipinski definition) is 1. The zero-order valence-electron chi connectivity index (χ0n) is 19.2. The summed E-state index contributed by atoms with van der Waals surface area (Å²) < 4.78 is 25.7. The Morgan fingerprint density at radius 3 is 2.76 bits per heavy atom. The van der Waals surface area contributed by atoms with Crippen molar-refractivity contribution in [2.24, 2.45) is 0 Å². The third-order valence-corrected chi connectivity index (χ3v) is 9.08. The molecule has 4 heterocycles. The molecule has 0 radical (unpaired) electrons. The molecular formula is C23H28N4O4S3. The first-order valence-electron chi connectivity index (χ1n) is 11.4. The number of carbonyl (C=O) groups is 1. The first kappa shape index (κ1) is 24.9. The minimum atomic E-state index is -3.17. The van der Waals surface area contributed by atoms with Crippen molar-refractivity contribution in [2.45, 2.75) is 52.0 Å². The molecule has 2 saturated heterocycles. The summed E-state index contributed by atoms with van der Waals surface area (Å²) in [5.74, 6) is 0.0325. The van der Waals surface area contributed by atoms with Crippen LogP contribution in [0, 0.1) is 6.92 Å². The van der Waals surface area contributed by atoms with Crippen LogP contribution in [0.15, 0.2) is 28.0 Å². The number of fused-ring (bicyclic) bond motifs is 1. The van der Waals surface area contributed by atoms with Gasteiger partial charge in [-0.3, -0.25) is 18.9 Å². The van der Waals surface area contributed by atoms with E-state index in [1.165, 1.54) is 9.30 Å². The highest BCUT2D eigenvalue weighted by molar-refractivity contribution is 8.26. The van der Waals surface area contributed by atoms with E-state index in [0.717, 1.165) is 43.0 Å². The first-order chi connectivity index (χ1) is 16.2. The molecule has 4 rings (SSSR count). The Kier molecular flexibility index (Phi) is 7.44. The molecular weight excluding hydrogens is 492 g/mol. The molecule has 1 atom stereocenters. The van der Waals surface area contributed by atoms with Gasteiger partial charge in [0, 0.05) is 12.7 Å². The van der Waals surface area contributed by atoms with Crippen molar-refractivity contribution >= 4 is 61.6 Å². The number of thioether (sulfide) groups is 1. The van der Waals surface area contributed by atoms with Gasteiger partial charge < -0.3 is 5.32 Å². The second-order valence-corrected chi connectivity index (χ2v) is 12.6. The predicted octanol–water partition coefficient (Wildman–Crippen LogP) is 3.38. The van der Waals surface area contributed by atoms with Gasteiger partial charge in [-0.1, -0.05) is 56.2 Å². The Balaban J connectivity index is 1.70. The van der Waals surface area contributed by atoms with Crippen molar-refractivity contribution in [2.75, 3.05) is 23.4 Å². The smallest absolute Gasteiger partial charge is 0.267 e. The number of hydrogen-bond acceptors (Lipinski definition) is 8. The monoisotopic (exact) mass is 520 g/mol. The largest absolute Gasteiger partial charge is 0.369 e. The third-order valence-electron chi connectivity index (χ3n) is 6.00. The summed E-state index contributed by atoms with van der Waals surface area (Å²) in [5, 5.41) is 3.28. The Labute approximate surface area is 208 Å². The summed E-state index contributed by atoms with van der Waals surface area (Å²) in [6.07, 6.45) is 7.92. The van der Waals surface area contributed by atoms with Crippen LogP contribution >= 0.6 is 24.0 Å². The number of nitrogens with zero attached hydrogens (tertiary/aromatic N) is 3. The molecule has 0 bridgehead atoms. The maximum absolute atomic E-state index is 13.4. The lowest BCUT2D eigenvalue weighted by Gasteiger charge is -2.20. The minimum Gasteiger partial charge on any atom is -0.369 e. The van der Waals surface area contributed by atoms with Crippen LogP contribution in [-0.2, 0) is 14.6 Å². The summed E-state index contributed by atoms with van der Waals surface area (Å²) in [4.78, 5) is 33.0. The van der Waals surface area contributed by atoms with E-state index in [-0.39, 0.29) is 28.5 Å². The molecule has 2 aromatic heterocycles. The number of nitrogens with one attached hydrogen (secondary N) is 1. The maximum Gasteiger partial charge on any atom is 0.267 e. The zero-order chi connectivity index (χ0) is 24.5. The third kappa shape index (κ3) is 5.21. The van der Waals surface area contributed by atoms with Crippen molar-refractivity contribution < 1.29 is 13.2 Å². The van der Waals surface area contributed by atoms with Gasteiger partial charge in [-0.15, -0.1) is 0 Å². The molecule has 2 aliphatic heterocycles. The second-order valence-electron chi connectivity index (χ2n) is 8.71. The van der Waals surface area contributed by atoms with Gasteiger partial charge in [0.05, 0.1) is 28.0 Å². The highest BCUT2D eigenvalue weighted by atomic mass is 32.2. The fourth-order valence-electron chi connectivity index (χ4n) is 4.19. The van der Waals surface area contributed by atoms with Gasteiger partial charge in [0.2, 0.25) is 0 Å². The van der Waals surface area contributed by atoms with Crippen LogP contribution in [0.5, 0.6) is 0 Å². The lowest BCUT2D eigenvalue weighted by atomic mass is 10.2. The topological polar surface area (TPSA) is 101 Å². The number of aromatic nitrogens is 2. The maximum atomic E-state index is 13.4. The number of carbonyl (C=O) groups excluding carboxylic acids is 1. The molecule has 8 nitrogen and oxygen atoms in total. The minimum absolute atomic E-state index is 0.0508. The van der Waals surface area contributed by atoms with Crippen LogP contribution in [0.25, 0.3) is 11.7 Å². The van der Waals surface area contributed by atoms with E-state index in [2.05, 4.69) is 17.2 Å². The van der Waals surface area contributed by atoms with E-state index in [4.69, 9.17) is 12.2 Å². The van der Waals surface area contributed by atoms with E-state index < -0.39 is 15.9 Å². The average molecular weight is 521 g/mol. The highest BCUT2D eigenvalue weighted by Gasteiger charge is 2.42. The Morgan fingerprint density at radius 2 is 2.06 bits per heavy atom. The van der Waals surface area contributed by atoms with Gasteiger partial charge in [0.25, 0.3) is 11.5 Å². The Hall–Kier alpha value is -2.24. The summed E-state index contributed by atoms with van der Waals surface area (Å²) in [6.45, 7) is 4.71. The summed E-state index contributed by atoms with van der Waals surface area (Å²) in [6, 6.07) is 3.23. The normalized spacial score (nSPS) is 21.2. The molecule has 2 fully saturated rings. The van der Waals surface area contributed by atoms with Crippen molar-refractivity contribution in [3.63, 3.8) is 0 Å². The quantitative estimate of drug-likeness (QED) is 0.321. The lowest BCUT2D eigenvalue weighted by Crippen LogP contribution is -2.39. The van der Waals surface area contributed by atoms with Gasteiger partial charge in [-0.25, -0.2) is 13.4 Å². The van der Waals surface area contributed by atoms with Crippen LogP contribution in [0.3, 0.4) is 0 Å². The molecule has 0 spiro atoms. The van der Waals surface area contributed by atoms with Crippen LogP contribution in [0.1, 0.15) is 50.2 Å². The SMILES string of the molecule is CCCCCCNc1nc2ccc(C)cn2c(=O)c1/C=C1/SC(=S)N(C2CCS(=O)(=O)C2)C1=O. The van der Waals surface area contributed by atoms with E-state index >= 15 is 0 Å². The van der Waals surface area contributed by atoms with Crippen LogP contribution in [0.4, 0.5) is 5.82 Å². The Morgan fingerprint density at radius 1 is 1.26 bits per heavy atom. The van der Waals surface area contributed by atoms with Crippen molar-refractivity contribution in [3.8, 4) is 0 Å². The van der Waals surface area contributed by atoms with Crippen molar-refractivity contribution in [1.82, 2.24) is 14.3 Å². The van der Waals surface area contributed by atoms with Crippen LogP contribution < -0.4 is 10.9 Å². The highest BCUT2D eigenvalue weighted by Crippen LogP contribution is 2.36. The molecule has 182 valence electrons. The van der Waals surface area contributed by atoms with E-state index in [0.29, 0.717) is 33.7 Å². The molecule has 0 aliphatic carbocycles. The number of thiocarbonyl (C=S) groups is 1. The Bertz CT molecular complexity index is 1330. The van der Waals surface area contributed by atoms with Crippen molar-refractivity contribution in [3.05, 3.63) is 44.7 Å². The number of pyridine rings is 1. The van der Waals surface area contributed by atoms with Gasteiger partial charge in [-0.05, 0) is 37.5 Å². The van der Waals surface area contributed by atoms with Crippen LogP contribution in [0.2, 0.25) is 0 Å². The van der Waals surface area contributed by atoms with Gasteiger partial charge in [0.1, 0.15) is 15.8 Å². The molecule has 1 unspecified atom stereocenters. The summed E-state index contributed by atoms with van der Waals surface area (Å²) in [5.41, 5.74) is 1.44. The zero-order valence-corrected chi connectivity index (χ0v) is 21.7. The number of rotatable bonds is 8. The predicted molar refractivity (Wildman–Crippen MR) is 141 cm³/mol. The van der Waals surface area contributed by atoms with E-state index in [9.17, 15) is 18.0 Å². The molecule has 34 heavy (non-hydrogen) atoms. The fourth-order valence-corrected chi connectivity index (χ4v) is 7.27. The lowest BCUT2D eigenvalue weighted by molar-refractivity contribution is -0.123. The van der Waals surface area contributed by atoms with Crippen LogP contribution in [-0.4, -0.2) is 57.0 Å². The second kappa shape index (κ2) is 10.2. The summed E-state index contributed by atoms with van der Waals surface area (Å²) >= 11 is 6.51. The van der Waals surface area contributed by atoms with Gasteiger partial charge >= 0.3 is 0 Å². The molecule has 0 saturated carbocycles. The average Bonchev–Trinajstić information content (AvgIpc) is 3.28. The molecule has 1 amide bonds. The fraction of sp³-hybridized carbons (Fsp3) is 0.478. The number of aryl methyl sites for hydroxylation is 1. The van der Waals surface area contributed by atoms with Crippen molar-refractivity contribution in [1.29, 1.82) is 0 Å². The molecule has 1 N–H and O–H groups in total. The standard InChI is InChI=1S/C23H28N4O4S3/c1-3-4-5-6-10-24-20-17(21(28)26-13-15(2)7-8-19(26)25-20)12-18-22(29)27(23(32)33-18)16-9-11-34(30,31)14-16/h7-8,12-13,16,24H,3-6,9-11,14H2,1-2H3/b18-12+. The van der Waals surface area contributed by atoms with E-state index in [1.807, 2.05) is 13.0 Å².